The largest absolute Gasteiger partial charge is 0.515 e. The molecule has 0 aromatic rings. The Morgan fingerprint density at radius 2 is 0.559 bits per heavy atom. The van der Waals surface area contributed by atoms with E-state index in [2.05, 4.69) is 0 Å². The van der Waals surface area contributed by atoms with E-state index in [1.807, 2.05) is 9.05 Å². The quantitative estimate of drug-likeness (QED) is 0.186. The van der Waals surface area contributed by atoms with Crippen molar-refractivity contribution in [1.82, 2.24) is 0 Å². The molecular formula is C4H6F14O12P4. The van der Waals surface area contributed by atoms with Crippen LogP contribution in [0.4, 0.5) is 60.7 Å². The van der Waals surface area contributed by atoms with Gasteiger partial charge in [0.2, 0.25) is 0 Å². The normalized spacial score (nSPS) is 16.8. The zero-order chi connectivity index (χ0) is 29.4. The molecule has 0 amide bonds. The van der Waals surface area contributed by atoms with Crippen LogP contribution in [-0.4, -0.2) is 53.9 Å². The Bertz CT molecular complexity index is 701. The fraction of sp³-hybridized carbons (Fsp3) is 1.00. The van der Waals surface area contributed by atoms with Crippen LogP contribution in [0, 0.1) is 0 Å². The van der Waals surface area contributed by atoms with E-state index in [1.54, 1.807) is 0 Å². The molecule has 0 radical (unpaired) electrons. The predicted octanol–water partition coefficient (Wildman–Crippen LogP) is 4.55. The van der Waals surface area contributed by atoms with E-state index in [0.29, 0.717) is 0 Å². The van der Waals surface area contributed by atoms with Crippen LogP contribution in [-0.2, 0) is 27.3 Å². The molecule has 2 unspecified atom stereocenters. The van der Waals surface area contributed by atoms with Gasteiger partial charge in [-0.05, 0) is 0 Å². The molecule has 0 saturated carbocycles. The fourth-order valence-corrected chi connectivity index (χ4v) is 1.16. The summed E-state index contributed by atoms with van der Waals surface area (Å²) in [6.07, 6.45) is -24.4. The van der Waals surface area contributed by atoms with Gasteiger partial charge < -0.3 is 0 Å². The molecule has 6 N–H and O–H groups in total. The van der Waals surface area contributed by atoms with E-state index in [0.717, 1.165) is 0 Å². The molecule has 0 spiro atoms. The summed E-state index contributed by atoms with van der Waals surface area (Å²) in [5.41, 5.74) is 0. The Hall–Kier alpha value is -0.380. The number of rotatable bonds is 4. The molecule has 0 rings (SSSR count). The summed E-state index contributed by atoms with van der Waals surface area (Å²) in [7, 11) is -23.0. The average Bonchev–Trinajstić information content (AvgIpc) is 2.24. The number of alkyl halides is 10. The van der Waals surface area contributed by atoms with Crippen molar-refractivity contribution in [3.63, 3.8) is 0 Å². The standard InChI is InChI=1S/2C2HF6O3P.2FH2O3P/c2*3-1(4,5)2(6,7)11-12(8,9)10;2*1-5(2,3)4/h2*(H,9,10);2*(H2,2,3,4). The highest BCUT2D eigenvalue weighted by Crippen LogP contribution is 2.53. The lowest BCUT2D eigenvalue weighted by molar-refractivity contribution is -0.364. The van der Waals surface area contributed by atoms with E-state index < -0.39 is 56.2 Å². The minimum Gasteiger partial charge on any atom is -0.299 e. The second-order valence-electron chi connectivity index (χ2n) is 4.06. The van der Waals surface area contributed by atoms with Crippen LogP contribution >= 0.6 is 31.6 Å². The van der Waals surface area contributed by atoms with Crippen LogP contribution in [0.15, 0.2) is 0 Å². The Morgan fingerprint density at radius 1 is 0.441 bits per heavy atom. The topological polar surface area (TPSA) is 208 Å². The van der Waals surface area contributed by atoms with Gasteiger partial charge in [0.15, 0.2) is 0 Å². The molecule has 0 aromatic heterocycles. The van der Waals surface area contributed by atoms with E-state index >= 15 is 0 Å². The molecule has 212 valence electrons. The summed E-state index contributed by atoms with van der Waals surface area (Å²) < 4.78 is 196. The second kappa shape index (κ2) is 13.2. The summed E-state index contributed by atoms with van der Waals surface area (Å²) in [5.74, 6) is 0. The maximum absolute atomic E-state index is 11.5. The van der Waals surface area contributed by atoms with Crippen molar-refractivity contribution in [2.45, 2.75) is 24.6 Å². The molecule has 0 fully saturated rings. The van der Waals surface area contributed by atoms with E-state index in [4.69, 9.17) is 38.5 Å². The predicted molar refractivity (Wildman–Crippen MR) is 72.3 cm³/mol. The maximum atomic E-state index is 11.5. The zero-order valence-electron chi connectivity index (χ0n) is 14.2. The smallest absolute Gasteiger partial charge is 0.299 e. The third-order valence-corrected chi connectivity index (χ3v) is 2.02. The third-order valence-electron chi connectivity index (χ3n) is 1.11. The maximum Gasteiger partial charge on any atom is 0.515 e. The van der Waals surface area contributed by atoms with Crippen molar-refractivity contribution >= 4 is 31.6 Å². The van der Waals surface area contributed by atoms with Gasteiger partial charge in [-0.25, -0.2) is 27.3 Å². The molecule has 12 nitrogen and oxygen atoms in total. The van der Waals surface area contributed by atoms with Gasteiger partial charge in [0.25, 0.3) is 0 Å². The van der Waals surface area contributed by atoms with Crippen LogP contribution in [0.3, 0.4) is 0 Å². The van der Waals surface area contributed by atoms with Crippen LogP contribution in [0.5, 0.6) is 0 Å². The minimum atomic E-state index is -6.35. The molecule has 0 aliphatic carbocycles. The van der Waals surface area contributed by atoms with E-state index in [-0.39, 0.29) is 0 Å². The van der Waals surface area contributed by atoms with Crippen LogP contribution in [0.1, 0.15) is 0 Å². The zero-order valence-corrected chi connectivity index (χ0v) is 17.8. The van der Waals surface area contributed by atoms with E-state index in [1.165, 1.54) is 0 Å². The van der Waals surface area contributed by atoms with Gasteiger partial charge in [-0.15, -0.1) is 16.8 Å². The molecule has 30 heteroatoms. The van der Waals surface area contributed by atoms with Gasteiger partial charge in [-0.3, -0.25) is 29.4 Å². The molecule has 0 heterocycles. The first-order chi connectivity index (χ1) is 13.9. The monoisotopic (exact) mass is 636 g/mol. The molecule has 34 heavy (non-hydrogen) atoms. The van der Waals surface area contributed by atoms with Gasteiger partial charge >= 0.3 is 56.2 Å². The first-order valence-corrected chi connectivity index (χ1v) is 11.7. The molecule has 0 bridgehead atoms. The third kappa shape index (κ3) is 33.8. The number of hydrogen-bond donors (Lipinski definition) is 6. The summed E-state index contributed by atoms with van der Waals surface area (Å²) in [5, 5.41) is 0. The van der Waals surface area contributed by atoms with Crippen molar-refractivity contribution in [1.29, 1.82) is 0 Å². The number of halogens is 14. The fourth-order valence-electron chi connectivity index (χ4n) is 0.386. The summed E-state index contributed by atoms with van der Waals surface area (Å²) >= 11 is 0. The van der Waals surface area contributed by atoms with Gasteiger partial charge in [-0.1, -0.05) is 0 Å². The van der Waals surface area contributed by atoms with Crippen molar-refractivity contribution in [3.8, 4) is 0 Å². The molecule has 0 aliphatic rings. The SMILES string of the molecule is O=P(O)(F)OC(F)(F)C(F)(F)F.O=P(O)(F)OC(F)(F)C(F)(F)F.O=P(O)(O)F.O=P(O)(O)F. The Balaban J connectivity index is -0.000000191. The summed E-state index contributed by atoms with van der Waals surface area (Å²) in [6.45, 7) is 0. The lowest BCUT2D eigenvalue weighted by Crippen LogP contribution is -2.37. The van der Waals surface area contributed by atoms with Crippen molar-refractivity contribution in [2.24, 2.45) is 0 Å². The Labute approximate surface area is 175 Å². The molecule has 0 saturated heterocycles. The van der Waals surface area contributed by atoms with Crippen molar-refractivity contribution < 1.29 is 117 Å². The summed E-state index contributed by atoms with van der Waals surface area (Å²) in [4.78, 5) is 42.7. The highest BCUT2D eigenvalue weighted by atomic mass is 31.2. The first-order valence-electron chi connectivity index (χ1n) is 5.77. The minimum absolute atomic E-state index is 1.98. The van der Waals surface area contributed by atoms with Gasteiger partial charge in [0.1, 0.15) is 0 Å². The van der Waals surface area contributed by atoms with Gasteiger partial charge in [0.05, 0.1) is 0 Å². The Kier molecular flexibility index (Phi) is 15.9. The molecule has 0 aromatic carbocycles. The lowest BCUT2D eigenvalue weighted by atomic mass is 10.6. The van der Waals surface area contributed by atoms with Crippen molar-refractivity contribution in [2.75, 3.05) is 0 Å². The first kappa shape index (κ1) is 40.8. The van der Waals surface area contributed by atoms with Crippen molar-refractivity contribution in [3.05, 3.63) is 0 Å². The molecule has 2 atom stereocenters. The van der Waals surface area contributed by atoms with E-state index in [9.17, 15) is 69.8 Å². The van der Waals surface area contributed by atoms with Gasteiger partial charge in [-0.2, -0.15) is 43.9 Å². The average molecular weight is 636 g/mol. The second-order valence-corrected chi connectivity index (χ2v) is 8.12. The molecule has 0 aliphatic heterocycles. The highest BCUT2D eigenvalue weighted by Gasteiger charge is 2.63. The lowest BCUT2D eigenvalue weighted by Gasteiger charge is -2.18. The summed E-state index contributed by atoms with van der Waals surface area (Å²) in [6, 6.07) is 0. The Morgan fingerprint density at radius 3 is 0.588 bits per heavy atom. The van der Waals surface area contributed by atoms with Gasteiger partial charge in [0, 0.05) is 0 Å². The highest BCUT2D eigenvalue weighted by molar-refractivity contribution is 7.47. The molecular weight excluding hydrogens is 630 g/mol. The number of hydrogen-bond acceptors (Lipinski definition) is 6. The van der Waals surface area contributed by atoms with Crippen LogP contribution < -0.4 is 0 Å². The van der Waals surface area contributed by atoms with Crippen LogP contribution in [0.25, 0.3) is 0 Å². The van der Waals surface area contributed by atoms with Crippen LogP contribution in [0.2, 0.25) is 0 Å².